The lowest BCUT2D eigenvalue weighted by Crippen LogP contribution is -2.45. The molecule has 1 aliphatic rings. The molecule has 5 rings (SSSR count). The van der Waals surface area contributed by atoms with Gasteiger partial charge in [0.15, 0.2) is 0 Å². The van der Waals surface area contributed by atoms with E-state index >= 15 is 0 Å². The number of nitrogens with zero attached hydrogens (tertiary/aromatic N) is 2. The number of rotatable bonds is 4. The average Bonchev–Trinajstić information content (AvgIpc) is 3.22. The number of aromatic nitrogens is 2. The standard InChI is InChI=1S/C42H54N10O4/c53-39-37(25-31-9-3-1-4-10-31)40(54)48-22-18-44-28-34-14-8-16-36(52-34)30-46-20-24-50-42(56)38(26-32-11-5-2-6-12-32)41(55)49-23-19-45-29-35-15-7-13-33(51-35)27-43-17-21-47-39/h1-16,37-38,43-46H,17-30H2,(H,47,53)(H,48,54)(H,49,55)(H,50,56). The normalized spacial score (nSPS) is 19.5. The van der Waals surface area contributed by atoms with Crippen molar-refractivity contribution < 1.29 is 19.2 Å². The van der Waals surface area contributed by atoms with Crippen molar-refractivity contribution in [2.75, 3.05) is 52.4 Å². The number of carbonyl (C=O) groups excluding carboxylic acids is 4. The second kappa shape index (κ2) is 23.4. The van der Waals surface area contributed by atoms with Gasteiger partial charge >= 0.3 is 0 Å². The molecule has 0 aliphatic carbocycles. The van der Waals surface area contributed by atoms with E-state index in [1.807, 2.05) is 97.1 Å². The van der Waals surface area contributed by atoms with Crippen LogP contribution in [-0.2, 0) is 58.2 Å². The highest BCUT2D eigenvalue weighted by molar-refractivity contribution is 6.01. The van der Waals surface area contributed by atoms with E-state index in [2.05, 4.69) is 42.5 Å². The summed E-state index contributed by atoms with van der Waals surface area (Å²) in [6.07, 6.45) is 0.588. The first kappa shape index (κ1) is 41.6. The smallest absolute Gasteiger partial charge is 0.232 e. The van der Waals surface area contributed by atoms with Crippen molar-refractivity contribution in [2.45, 2.75) is 39.0 Å². The molecule has 4 aromatic rings. The molecule has 14 nitrogen and oxygen atoms in total. The molecule has 0 spiro atoms. The minimum absolute atomic E-state index is 0.294. The monoisotopic (exact) mass is 762 g/mol. The summed E-state index contributed by atoms with van der Waals surface area (Å²) >= 11 is 0. The van der Waals surface area contributed by atoms with E-state index in [0.717, 1.165) is 33.9 Å². The van der Waals surface area contributed by atoms with E-state index in [-0.39, 0.29) is 23.6 Å². The predicted molar refractivity (Wildman–Crippen MR) is 215 cm³/mol. The number of amides is 4. The van der Waals surface area contributed by atoms with Gasteiger partial charge in [0.25, 0.3) is 0 Å². The molecule has 0 unspecified atom stereocenters. The molecule has 0 fully saturated rings. The van der Waals surface area contributed by atoms with Gasteiger partial charge in [-0.2, -0.15) is 0 Å². The van der Waals surface area contributed by atoms with Gasteiger partial charge < -0.3 is 42.5 Å². The Hall–Kier alpha value is -5.54. The lowest BCUT2D eigenvalue weighted by atomic mass is 9.97. The summed E-state index contributed by atoms with van der Waals surface area (Å²) in [5, 5.41) is 25.0. The summed E-state index contributed by atoms with van der Waals surface area (Å²) in [5.41, 5.74) is 5.20. The summed E-state index contributed by atoms with van der Waals surface area (Å²) in [6.45, 7) is 5.38. The minimum atomic E-state index is -0.875. The van der Waals surface area contributed by atoms with Crippen LogP contribution in [0.3, 0.4) is 0 Å². The van der Waals surface area contributed by atoms with Crippen LogP contribution in [0.4, 0.5) is 0 Å². The molecular weight excluding hydrogens is 709 g/mol. The van der Waals surface area contributed by atoms with Crippen LogP contribution < -0.4 is 42.5 Å². The zero-order valence-electron chi connectivity index (χ0n) is 31.8. The van der Waals surface area contributed by atoms with Crippen molar-refractivity contribution in [3.8, 4) is 0 Å². The van der Waals surface area contributed by atoms with Gasteiger partial charge in [0.1, 0.15) is 11.8 Å². The number of pyridine rings is 2. The lowest BCUT2D eigenvalue weighted by Gasteiger charge is -2.18. The maximum atomic E-state index is 13.3. The van der Waals surface area contributed by atoms with Crippen LogP contribution in [0.15, 0.2) is 97.1 Å². The van der Waals surface area contributed by atoms with Crippen LogP contribution in [0.1, 0.15) is 33.9 Å². The zero-order chi connectivity index (χ0) is 39.2. The van der Waals surface area contributed by atoms with Crippen molar-refractivity contribution in [1.82, 2.24) is 52.5 Å². The molecule has 0 atom stereocenters. The van der Waals surface area contributed by atoms with Crippen molar-refractivity contribution in [1.29, 1.82) is 0 Å². The second-order valence-electron chi connectivity index (χ2n) is 13.6. The van der Waals surface area contributed by atoms with Crippen molar-refractivity contribution in [3.63, 3.8) is 0 Å². The topological polar surface area (TPSA) is 190 Å². The Morgan fingerprint density at radius 1 is 0.375 bits per heavy atom. The highest BCUT2D eigenvalue weighted by Gasteiger charge is 2.27. The summed E-state index contributed by atoms with van der Waals surface area (Å²) in [5.74, 6) is -3.03. The van der Waals surface area contributed by atoms with Crippen LogP contribution in [0, 0.1) is 11.8 Å². The Kier molecular flexibility index (Phi) is 17.4. The molecule has 2 aromatic carbocycles. The van der Waals surface area contributed by atoms with Crippen LogP contribution in [0.2, 0.25) is 0 Å². The summed E-state index contributed by atoms with van der Waals surface area (Å²) in [4.78, 5) is 62.6. The molecule has 0 saturated carbocycles. The second-order valence-corrected chi connectivity index (χ2v) is 13.6. The third-order valence-corrected chi connectivity index (χ3v) is 9.19. The molecule has 56 heavy (non-hydrogen) atoms. The van der Waals surface area contributed by atoms with Gasteiger partial charge in [0.2, 0.25) is 23.6 Å². The van der Waals surface area contributed by atoms with Gasteiger partial charge in [0.05, 0.1) is 22.8 Å². The lowest BCUT2D eigenvalue weighted by molar-refractivity contribution is -0.136. The third-order valence-electron chi connectivity index (χ3n) is 9.19. The molecule has 4 amide bonds. The van der Waals surface area contributed by atoms with E-state index in [1.165, 1.54) is 0 Å². The third kappa shape index (κ3) is 14.6. The number of fused-ring (bicyclic) bond motifs is 4. The van der Waals surface area contributed by atoms with Gasteiger partial charge in [-0.15, -0.1) is 0 Å². The molecule has 8 N–H and O–H groups in total. The Bertz CT molecular complexity index is 1610. The first-order valence-corrected chi connectivity index (χ1v) is 19.4. The molecule has 0 radical (unpaired) electrons. The van der Waals surface area contributed by atoms with E-state index in [0.29, 0.717) is 91.4 Å². The van der Waals surface area contributed by atoms with Gasteiger partial charge in [-0.3, -0.25) is 29.1 Å². The maximum absolute atomic E-state index is 13.3. The number of nitrogens with one attached hydrogen (secondary N) is 8. The van der Waals surface area contributed by atoms with Crippen LogP contribution >= 0.6 is 0 Å². The van der Waals surface area contributed by atoms with Gasteiger partial charge in [0, 0.05) is 78.5 Å². The summed E-state index contributed by atoms with van der Waals surface area (Å²) < 4.78 is 0. The van der Waals surface area contributed by atoms with Crippen LogP contribution in [0.5, 0.6) is 0 Å². The fourth-order valence-electron chi connectivity index (χ4n) is 6.22. The Balaban J connectivity index is 1.19. The van der Waals surface area contributed by atoms with E-state index < -0.39 is 11.8 Å². The van der Waals surface area contributed by atoms with Gasteiger partial charge in [-0.05, 0) is 48.2 Å². The Morgan fingerprint density at radius 2 is 0.661 bits per heavy atom. The molecular formula is C42H54N10O4. The first-order valence-electron chi connectivity index (χ1n) is 19.4. The number of carbonyl (C=O) groups is 4. The molecule has 2 aromatic heterocycles. The van der Waals surface area contributed by atoms with Gasteiger partial charge in [-0.25, -0.2) is 0 Å². The Morgan fingerprint density at radius 3 is 0.946 bits per heavy atom. The number of benzene rings is 2. The zero-order valence-corrected chi connectivity index (χ0v) is 31.8. The van der Waals surface area contributed by atoms with Crippen molar-refractivity contribution in [3.05, 3.63) is 131 Å². The highest BCUT2D eigenvalue weighted by Crippen LogP contribution is 2.11. The molecule has 0 saturated heterocycles. The van der Waals surface area contributed by atoms with Crippen molar-refractivity contribution >= 4 is 23.6 Å². The van der Waals surface area contributed by atoms with E-state index in [1.54, 1.807) is 0 Å². The summed E-state index contributed by atoms with van der Waals surface area (Å²) in [7, 11) is 0. The molecule has 14 heteroatoms. The average molecular weight is 763 g/mol. The van der Waals surface area contributed by atoms with Gasteiger partial charge in [-0.1, -0.05) is 72.8 Å². The fraction of sp³-hybridized carbons (Fsp3) is 0.381. The number of hydrogen-bond donors (Lipinski definition) is 8. The van der Waals surface area contributed by atoms with E-state index in [4.69, 9.17) is 9.97 Å². The van der Waals surface area contributed by atoms with Crippen molar-refractivity contribution in [2.24, 2.45) is 11.8 Å². The minimum Gasteiger partial charge on any atom is -0.354 e. The maximum Gasteiger partial charge on any atom is 0.232 e. The highest BCUT2D eigenvalue weighted by atomic mass is 16.2. The quantitative estimate of drug-likeness (QED) is 0.138. The first-order chi connectivity index (χ1) is 27.4. The molecule has 3 heterocycles. The number of hydrogen-bond acceptors (Lipinski definition) is 10. The Labute approximate surface area is 328 Å². The van der Waals surface area contributed by atoms with Crippen LogP contribution in [-0.4, -0.2) is 86.0 Å². The molecule has 4 bridgehead atoms. The van der Waals surface area contributed by atoms with Crippen LogP contribution in [0.25, 0.3) is 0 Å². The molecule has 1 aliphatic heterocycles. The molecule has 296 valence electrons. The summed E-state index contributed by atoms with van der Waals surface area (Å²) in [6, 6.07) is 30.7. The van der Waals surface area contributed by atoms with E-state index in [9.17, 15) is 19.2 Å². The fourth-order valence-corrected chi connectivity index (χ4v) is 6.22. The predicted octanol–water partition coefficient (Wildman–Crippen LogP) is 0.731. The SMILES string of the molecule is O=C1NCCNCc2cccc(n2)CNCCNC(=O)C(Cc2ccccc2)C(=O)NCCNCc2cccc(n2)CNCCNC(=O)C1Cc1ccccc1. The largest absolute Gasteiger partial charge is 0.354 e.